The Kier molecular flexibility index (Phi) is 9.47. The van der Waals surface area contributed by atoms with Crippen LogP contribution in [-0.4, -0.2) is 12.6 Å². The van der Waals surface area contributed by atoms with Crippen LogP contribution in [0.3, 0.4) is 0 Å². The van der Waals surface area contributed by atoms with E-state index < -0.39 is 0 Å². The van der Waals surface area contributed by atoms with Crippen LogP contribution >= 0.6 is 11.3 Å². The minimum atomic E-state index is -0.299. The molecular formula is C32H32O2S. The third-order valence-electron chi connectivity index (χ3n) is 4.98. The van der Waals surface area contributed by atoms with Crippen molar-refractivity contribution in [3.05, 3.63) is 99.8 Å². The quantitative estimate of drug-likeness (QED) is 0.140. The Morgan fingerprint density at radius 1 is 0.971 bits per heavy atom. The molecular weight excluding hydrogens is 448 g/mol. The molecule has 1 heterocycles. The van der Waals surface area contributed by atoms with Crippen molar-refractivity contribution in [2.45, 2.75) is 34.1 Å². The summed E-state index contributed by atoms with van der Waals surface area (Å²) in [6.45, 7) is 8.37. The van der Waals surface area contributed by atoms with Gasteiger partial charge in [-0.05, 0) is 103 Å². The summed E-state index contributed by atoms with van der Waals surface area (Å²) in [6.07, 6.45) is 10.3. The van der Waals surface area contributed by atoms with E-state index in [1.54, 1.807) is 11.3 Å². The second-order valence-corrected chi connectivity index (χ2v) is 9.94. The number of esters is 1. The lowest BCUT2D eigenvalue weighted by Gasteiger charge is -2.06. The zero-order chi connectivity index (χ0) is 25.1. The number of rotatable bonds is 8. The van der Waals surface area contributed by atoms with Crippen LogP contribution in [0.2, 0.25) is 0 Å². The summed E-state index contributed by atoms with van der Waals surface area (Å²) in [6, 6.07) is 18.8. The second-order valence-electron chi connectivity index (χ2n) is 9.16. The van der Waals surface area contributed by atoms with E-state index in [2.05, 4.69) is 98.0 Å². The number of carbonyl (C=O) groups excluding carboxylic acids is 1. The van der Waals surface area contributed by atoms with Crippen molar-refractivity contribution in [1.82, 2.24) is 0 Å². The first kappa shape index (κ1) is 26.0. The number of benzene rings is 2. The van der Waals surface area contributed by atoms with Crippen LogP contribution in [0.15, 0.2) is 83.1 Å². The summed E-state index contributed by atoms with van der Waals surface area (Å²) in [5, 5.41) is 4.25. The number of hydrogen-bond donors (Lipinski definition) is 0. The van der Waals surface area contributed by atoms with Crippen molar-refractivity contribution < 1.29 is 9.53 Å². The van der Waals surface area contributed by atoms with Crippen LogP contribution in [-0.2, 0) is 9.53 Å². The van der Waals surface area contributed by atoms with Crippen molar-refractivity contribution >= 4 is 35.5 Å². The maximum Gasteiger partial charge on any atom is 0.334 e. The maximum absolute atomic E-state index is 12.5. The molecule has 0 spiro atoms. The van der Waals surface area contributed by atoms with E-state index in [-0.39, 0.29) is 11.4 Å². The number of hydrogen-bond acceptors (Lipinski definition) is 3. The molecule has 1 aromatic heterocycles. The topological polar surface area (TPSA) is 26.3 Å². The van der Waals surface area contributed by atoms with Gasteiger partial charge in [-0.15, -0.1) is 0 Å². The van der Waals surface area contributed by atoms with Crippen molar-refractivity contribution in [3.8, 4) is 23.0 Å². The van der Waals surface area contributed by atoms with Crippen molar-refractivity contribution in [3.63, 3.8) is 0 Å². The number of ether oxygens (including phenoxy) is 1. The Bertz CT molecular complexity index is 1270. The molecule has 0 aliphatic carbocycles. The second kappa shape index (κ2) is 12.7. The van der Waals surface area contributed by atoms with Gasteiger partial charge in [0.2, 0.25) is 0 Å². The molecule has 0 radical (unpaired) electrons. The minimum Gasteiger partial charge on any atom is -0.463 e. The van der Waals surface area contributed by atoms with Crippen LogP contribution in [0.4, 0.5) is 0 Å². The summed E-state index contributed by atoms with van der Waals surface area (Å²) in [7, 11) is 0. The van der Waals surface area contributed by atoms with E-state index >= 15 is 0 Å². The molecule has 3 aromatic rings. The molecule has 178 valence electrons. The average Bonchev–Trinajstić information content (AvgIpc) is 3.37. The standard InChI is InChI=1S/C32H32O2S/c1-5-34-31(33)29(14-7-6-8-19-32(2,3)4)23-27-13-9-11-25(21-27)16-17-26-12-10-15-28(22-26)30-18-20-35-24-30/h6-7,9-13,15-18,20-24H,5,14H2,1-4H3. The Morgan fingerprint density at radius 3 is 2.37 bits per heavy atom. The molecule has 0 aliphatic rings. The van der Waals surface area contributed by atoms with Gasteiger partial charge in [0.25, 0.3) is 0 Å². The summed E-state index contributed by atoms with van der Waals surface area (Å²) in [4.78, 5) is 12.5. The molecule has 0 saturated carbocycles. The molecule has 3 heteroatoms. The molecule has 0 atom stereocenters. The smallest absolute Gasteiger partial charge is 0.334 e. The molecule has 0 saturated heterocycles. The molecule has 0 N–H and O–H groups in total. The van der Waals surface area contributed by atoms with Gasteiger partial charge in [-0.2, -0.15) is 11.3 Å². The Hall–Kier alpha value is -3.61. The lowest BCUT2D eigenvalue weighted by molar-refractivity contribution is -0.138. The highest BCUT2D eigenvalue weighted by Crippen LogP contribution is 2.24. The molecule has 35 heavy (non-hydrogen) atoms. The minimum absolute atomic E-state index is 0.0523. The zero-order valence-electron chi connectivity index (χ0n) is 20.9. The van der Waals surface area contributed by atoms with E-state index in [0.717, 1.165) is 16.7 Å². The van der Waals surface area contributed by atoms with Gasteiger partial charge in [-0.3, -0.25) is 0 Å². The Labute approximate surface area is 213 Å². The Morgan fingerprint density at radius 2 is 1.69 bits per heavy atom. The predicted molar refractivity (Wildman–Crippen MR) is 151 cm³/mol. The highest BCUT2D eigenvalue weighted by Gasteiger charge is 2.09. The van der Waals surface area contributed by atoms with Gasteiger partial charge in [0.05, 0.1) is 6.61 Å². The van der Waals surface area contributed by atoms with Gasteiger partial charge in [0.1, 0.15) is 0 Å². The fourth-order valence-corrected chi connectivity index (χ4v) is 3.99. The predicted octanol–water partition coefficient (Wildman–Crippen LogP) is 8.53. The molecule has 2 aromatic carbocycles. The zero-order valence-corrected chi connectivity index (χ0v) is 21.7. The SMILES string of the molecule is CCOC(=O)C(=Cc1cccc(C=Cc2cccc(-c3ccsc3)c2)c1)CC=CC#CC(C)(C)C. The first-order valence-electron chi connectivity index (χ1n) is 11.8. The van der Waals surface area contributed by atoms with Crippen LogP contribution in [0.1, 0.15) is 50.8 Å². The summed E-state index contributed by atoms with van der Waals surface area (Å²) < 4.78 is 5.27. The monoisotopic (exact) mass is 480 g/mol. The van der Waals surface area contributed by atoms with Gasteiger partial charge >= 0.3 is 5.97 Å². The molecule has 0 aliphatic heterocycles. The van der Waals surface area contributed by atoms with Gasteiger partial charge < -0.3 is 4.74 Å². The summed E-state index contributed by atoms with van der Waals surface area (Å²) in [5.41, 5.74) is 6.16. The van der Waals surface area contributed by atoms with Gasteiger partial charge in [0, 0.05) is 11.0 Å². The van der Waals surface area contributed by atoms with E-state index in [9.17, 15) is 4.79 Å². The maximum atomic E-state index is 12.5. The molecule has 3 rings (SSSR count). The average molecular weight is 481 g/mol. The summed E-state index contributed by atoms with van der Waals surface area (Å²) >= 11 is 1.70. The third-order valence-corrected chi connectivity index (χ3v) is 5.67. The molecule has 2 nitrogen and oxygen atoms in total. The van der Waals surface area contributed by atoms with Gasteiger partial charge in [-0.1, -0.05) is 66.5 Å². The Balaban J connectivity index is 1.78. The van der Waals surface area contributed by atoms with Crippen molar-refractivity contribution in [2.75, 3.05) is 6.61 Å². The highest BCUT2D eigenvalue weighted by atomic mass is 32.1. The molecule has 0 bridgehead atoms. The highest BCUT2D eigenvalue weighted by molar-refractivity contribution is 7.08. The van der Waals surface area contributed by atoms with E-state index in [1.165, 1.54) is 11.1 Å². The number of allylic oxidation sites excluding steroid dienone is 2. The van der Waals surface area contributed by atoms with E-state index in [0.29, 0.717) is 18.6 Å². The van der Waals surface area contributed by atoms with Gasteiger partial charge in [-0.25, -0.2) is 4.79 Å². The fraction of sp³-hybridized carbons (Fsp3) is 0.219. The number of thiophene rings is 1. The third kappa shape index (κ3) is 8.92. The van der Waals surface area contributed by atoms with Crippen molar-refractivity contribution in [2.24, 2.45) is 5.41 Å². The summed E-state index contributed by atoms with van der Waals surface area (Å²) in [5.74, 6) is 5.92. The molecule has 0 amide bonds. The number of carbonyl (C=O) groups is 1. The molecule has 0 fully saturated rings. The fourth-order valence-electron chi connectivity index (χ4n) is 3.32. The largest absolute Gasteiger partial charge is 0.463 e. The normalized spacial score (nSPS) is 12.1. The van der Waals surface area contributed by atoms with Crippen molar-refractivity contribution in [1.29, 1.82) is 0 Å². The van der Waals surface area contributed by atoms with Crippen LogP contribution in [0, 0.1) is 17.3 Å². The lowest BCUT2D eigenvalue weighted by Crippen LogP contribution is -2.07. The van der Waals surface area contributed by atoms with E-state index in [4.69, 9.17) is 4.74 Å². The van der Waals surface area contributed by atoms with Crippen LogP contribution in [0.25, 0.3) is 29.4 Å². The van der Waals surface area contributed by atoms with Crippen LogP contribution < -0.4 is 0 Å². The lowest BCUT2D eigenvalue weighted by atomic mass is 9.98. The first-order chi connectivity index (χ1) is 16.8. The van der Waals surface area contributed by atoms with E-state index in [1.807, 2.05) is 37.3 Å². The van der Waals surface area contributed by atoms with Crippen LogP contribution in [0.5, 0.6) is 0 Å². The van der Waals surface area contributed by atoms with Gasteiger partial charge in [0.15, 0.2) is 0 Å². The first-order valence-corrected chi connectivity index (χ1v) is 12.7. The molecule has 0 unspecified atom stereocenters.